The molecule has 0 N–H and O–H groups in total. The van der Waals surface area contributed by atoms with E-state index in [4.69, 9.17) is 0 Å². The van der Waals surface area contributed by atoms with Gasteiger partial charge in [0.15, 0.2) is 0 Å². The van der Waals surface area contributed by atoms with E-state index in [0.29, 0.717) is 13.1 Å². The fourth-order valence-corrected chi connectivity index (χ4v) is 5.05. The molecular weight excluding hydrogens is 310 g/mol. The summed E-state index contributed by atoms with van der Waals surface area (Å²) in [7, 11) is -1.43. The molecule has 2 aromatic rings. The largest absolute Gasteiger partial charge is 0.276 e. The van der Waals surface area contributed by atoms with Crippen molar-refractivity contribution in [2.45, 2.75) is 25.5 Å². The molecule has 23 heavy (non-hydrogen) atoms. The fraction of sp³-hybridized carbons (Fsp3) is 0.471. The third-order valence-electron chi connectivity index (χ3n) is 4.63. The SMILES string of the molecule is Cn1cc([C@H]2CN(S(=O)(=O)Cc3ccccc3)CC2(C)C)cn1. The molecule has 5 nitrogen and oxygen atoms in total. The van der Waals surface area contributed by atoms with Gasteiger partial charge in [0.1, 0.15) is 0 Å². The minimum atomic E-state index is -3.31. The Hall–Kier alpha value is -1.66. The number of nitrogens with zero attached hydrogens (tertiary/aromatic N) is 3. The van der Waals surface area contributed by atoms with Crippen LogP contribution in [-0.4, -0.2) is 35.6 Å². The van der Waals surface area contributed by atoms with Gasteiger partial charge in [0, 0.05) is 32.3 Å². The molecule has 0 bridgehead atoms. The summed E-state index contributed by atoms with van der Waals surface area (Å²) in [5.41, 5.74) is 1.83. The Morgan fingerprint density at radius 3 is 2.57 bits per heavy atom. The monoisotopic (exact) mass is 333 g/mol. The predicted octanol–water partition coefficient (Wildman–Crippen LogP) is 2.38. The lowest BCUT2D eigenvalue weighted by Crippen LogP contribution is -2.31. The maximum atomic E-state index is 12.8. The maximum Gasteiger partial charge on any atom is 0.218 e. The van der Waals surface area contributed by atoms with Gasteiger partial charge in [-0.15, -0.1) is 0 Å². The highest BCUT2D eigenvalue weighted by Gasteiger charge is 2.44. The van der Waals surface area contributed by atoms with Crippen LogP contribution in [0, 0.1) is 5.41 Å². The summed E-state index contributed by atoms with van der Waals surface area (Å²) in [5, 5.41) is 4.23. The number of hydrogen-bond donors (Lipinski definition) is 0. The second-order valence-corrected chi connectivity index (χ2v) is 8.99. The summed E-state index contributed by atoms with van der Waals surface area (Å²) in [5.74, 6) is 0.227. The summed E-state index contributed by atoms with van der Waals surface area (Å²) < 4.78 is 29.0. The second-order valence-electron chi connectivity index (χ2n) is 7.02. The Kier molecular flexibility index (Phi) is 4.06. The van der Waals surface area contributed by atoms with Crippen molar-refractivity contribution in [3.8, 4) is 0 Å². The molecule has 0 saturated carbocycles. The lowest BCUT2D eigenvalue weighted by Gasteiger charge is -2.24. The zero-order chi connectivity index (χ0) is 16.7. The highest BCUT2D eigenvalue weighted by Crippen LogP contribution is 2.43. The predicted molar refractivity (Wildman–Crippen MR) is 90.4 cm³/mol. The van der Waals surface area contributed by atoms with E-state index >= 15 is 0 Å². The van der Waals surface area contributed by atoms with Gasteiger partial charge in [-0.1, -0.05) is 44.2 Å². The number of hydrogen-bond acceptors (Lipinski definition) is 3. The van der Waals surface area contributed by atoms with Crippen LogP contribution < -0.4 is 0 Å². The Bertz CT molecular complexity index is 781. The molecule has 1 saturated heterocycles. The van der Waals surface area contributed by atoms with Crippen LogP contribution in [0.5, 0.6) is 0 Å². The Morgan fingerprint density at radius 2 is 1.96 bits per heavy atom. The Morgan fingerprint density at radius 1 is 1.26 bits per heavy atom. The van der Waals surface area contributed by atoms with Crippen molar-refractivity contribution >= 4 is 10.0 Å². The van der Waals surface area contributed by atoms with Gasteiger partial charge in [0.05, 0.1) is 11.9 Å². The van der Waals surface area contributed by atoms with Crippen molar-refractivity contribution in [1.82, 2.24) is 14.1 Å². The zero-order valence-corrected chi connectivity index (χ0v) is 14.6. The normalized spacial score (nSPS) is 21.6. The summed E-state index contributed by atoms with van der Waals surface area (Å²) >= 11 is 0. The molecule has 1 fully saturated rings. The van der Waals surface area contributed by atoms with Crippen molar-refractivity contribution in [3.63, 3.8) is 0 Å². The molecule has 1 aliphatic rings. The number of aromatic nitrogens is 2. The van der Waals surface area contributed by atoms with Gasteiger partial charge in [-0.2, -0.15) is 5.10 Å². The van der Waals surface area contributed by atoms with Gasteiger partial charge in [-0.3, -0.25) is 4.68 Å². The molecule has 1 aromatic heterocycles. The molecule has 1 aromatic carbocycles. The van der Waals surface area contributed by atoms with E-state index in [-0.39, 0.29) is 17.1 Å². The number of rotatable bonds is 4. The van der Waals surface area contributed by atoms with Crippen molar-refractivity contribution in [2.24, 2.45) is 12.5 Å². The molecule has 0 radical (unpaired) electrons. The molecule has 6 heteroatoms. The van der Waals surface area contributed by atoms with Crippen molar-refractivity contribution in [1.29, 1.82) is 0 Å². The van der Waals surface area contributed by atoms with E-state index in [0.717, 1.165) is 11.1 Å². The Balaban J connectivity index is 1.82. The molecule has 2 heterocycles. The average Bonchev–Trinajstić information content (AvgIpc) is 3.02. The topological polar surface area (TPSA) is 55.2 Å². The minimum Gasteiger partial charge on any atom is -0.276 e. The van der Waals surface area contributed by atoms with Crippen LogP contribution in [0.3, 0.4) is 0 Å². The first-order valence-electron chi connectivity index (χ1n) is 7.78. The van der Waals surface area contributed by atoms with Crippen LogP contribution in [0.15, 0.2) is 42.7 Å². The molecular formula is C17H23N3O2S. The molecule has 0 unspecified atom stereocenters. The standard InChI is InChI=1S/C17H23N3O2S/c1-17(2)13-20(11-16(17)15-9-18-19(3)10-15)23(21,22)12-14-7-5-4-6-8-14/h4-10,16H,11-13H2,1-3H3/t16-/m1/s1. The van der Waals surface area contributed by atoms with Crippen LogP contribution in [0.4, 0.5) is 0 Å². The summed E-state index contributed by atoms with van der Waals surface area (Å²) in [6, 6.07) is 9.36. The van der Waals surface area contributed by atoms with Crippen LogP contribution in [0.2, 0.25) is 0 Å². The van der Waals surface area contributed by atoms with Crippen LogP contribution >= 0.6 is 0 Å². The number of benzene rings is 1. The third-order valence-corrected chi connectivity index (χ3v) is 6.39. The van der Waals surface area contributed by atoms with Crippen molar-refractivity contribution in [2.75, 3.05) is 13.1 Å². The van der Waals surface area contributed by atoms with E-state index in [9.17, 15) is 8.42 Å². The van der Waals surface area contributed by atoms with Gasteiger partial charge in [-0.25, -0.2) is 12.7 Å². The zero-order valence-electron chi connectivity index (χ0n) is 13.8. The highest BCUT2D eigenvalue weighted by atomic mass is 32.2. The maximum absolute atomic E-state index is 12.8. The van der Waals surface area contributed by atoms with Crippen LogP contribution in [-0.2, 0) is 22.8 Å². The molecule has 0 amide bonds. The van der Waals surface area contributed by atoms with Gasteiger partial charge < -0.3 is 0 Å². The van der Waals surface area contributed by atoms with Crippen LogP contribution in [0.1, 0.15) is 30.9 Å². The van der Waals surface area contributed by atoms with E-state index in [1.807, 2.05) is 49.8 Å². The van der Waals surface area contributed by atoms with E-state index in [1.165, 1.54) is 0 Å². The first kappa shape index (κ1) is 16.2. The molecule has 124 valence electrons. The first-order chi connectivity index (χ1) is 10.8. The first-order valence-corrected chi connectivity index (χ1v) is 9.39. The van der Waals surface area contributed by atoms with Crippen molar-refractivity contribution < 1.29 is 8.42 Å². The van der Waals surface area contributed by atoms with Gasteiger partial charge in [-0.05, 0) is 16.5 Å². The van der Waals surface area contributed by atoms with Gasteiger partial charge in [0.25, 0.3) is 0 Å². The number of aryl methyl sites for hydroxylation is 1. The Labute approximate surface area is 138 Å². The fourth-order valence-electron chi connectivity index (χ4n) is 3.34. The minimum absolute atomic E-state index is 0.0592. The van der Waals surface area contributed by atoms with Gasteiger partial charge in [0.2, 0.25) is 10.0 Å². The quantitative estimate of drug-likeness (QED) is 0.863. The smallest absolute Gasteiger partial charge is 0.218 e. The molecule has 3 rings (SSSR count). The highest BCUT2D eigenvalue weighted by molar-refractivity contribution is 7.88. The average molecular weight is 333 g/mol. The molecule has 1 aliphatic heterocycles. The summed E-state index contributed by atoms with van der Waals surface area (Å²) in [6.07, 6.45) is 3.83. The molecule has 0 aliphatic carbocycles. The van der Waals surface area contributed by atoms with Crippen LogP contribution in [0.25, 0.3) is 0 Å². The van der Waals surface area contributed by atoms with E-state index in [2.05, 4.69) is 18.9 Å². The summed E-state index contributed by atoms with van der Waals surface area (Å²) in [6.45, 7) is 5.32. The molecule has 0 spiro atoms. The van der Waals surface area contributed by atoms with Crippen molar-refractivity contribution in [3.05, 3.63) is 53.9 Å². The number of sulfonamides is 1. The third kappa shape index (κ3) is 3.33. The second kappa shape index (κ2) is 5.76. The van der Waals surface area contributed by atoms with Gasteiger partial charge >= 0.3 is 0 Å². The van der Waals surface area contributed by atoms with E-state index < -0.39 is 10.0 Å². The molecule has 1 atom stereocenters. The van der Waals surface area contributed by atoms with E-state index in [1.54, 1.807) is 8.99 Å². The lowest BCUT2D eigenvalue weighted by atomic mass is 9.79. The summed E-state index contributed by atoms with van der Waals surface area (Å²) in [4.78, 5) is 0. The lowest BCUT2D eigenvalue weighted by molar-refractivity contribution is 0.346.